The highest BCUT2D eigenvalue weighted by Crippen LogP contribution is 2.26. The lowest BCUT2D eigenvalue weighted by Gasteiger charge is -2.28. The van der Waals surface area contributed by atoms with Gasteiger partial charge >= 0.3 is 0 Å². The summed E-state index contributed by atoms with van der Waals surface area (Å²) >= 11 is 0. The summed E-state index contributed by atoms with van der Waals surface area (Å²) < 4.78 is 0. The Balaban J connectivity index is 1.44. The van der Waals surface area contributed by atoms with Gasteiger partial charge < -0.3 is 0 Å². The van der Waals surface area contributed by atoms with E-state index in [4.69, 9.17) is 0 Å². The topological polar surface area (TPSA) is 75.2 Å². The minimum absolute atomic E-state index is 0.103. The Kier molecular flexibility index (Phi) is 4.74. The van der Waals surface area contributed by atoms with E-state index in [1.54, 1.807) is 0 Å². The molecule has 6 nitrogen and oxygen atoms in total. The molecule has 0 radical (unpaired) electrons. The van der Waals surface area contributed by atoms with E-state index >= 15 is 0 Å². The number of fused-ring (bicyclic) bond motifs is 2. The van der Waals surface area contributed by atoms with Crippen LogP contribution in [-0.2, 0) is 24.2 Å². The molecule has 1 aliphatic carbocycles. The van der Waals surface area contributed by atoms with Crippen LogP contribution in [0.25, 0.3) is 0 Å². The molecule has 1 amide bonds. The first kappa shape index (κ1) is 17.8. The zero-order valence-electron chi connectivity index (χ0n) is 15.8. The maximum absolute atomic E-state index is 12.5. The molecule has 0 bridgehead atoms. The average molecular weight is 364 g/mol. The van der Waals surface area contributed by atoms with Gasteiger partial charge in [0.05, 0.1) is 23.5 Å². The van der Waals surface area contributed by atoms with E-state index in [0.29, 0.717) is 30.2 Å². The number of benzene rings is 1. The summed E-state index contributed by atoms with van der Waals surface area (Å²) in [6.45, 7) is 5.81. The van der Waals surface area contributed by atoms with Crippen LogP contribution < -0.4 is 5.32 Å². The summed E-state index contributed by atoms with van der Waals surface area (Å²) in [6.07, 6.45) is 2.24. The zero-order chi connectivity index (χ0) is 19.0. The second-order valence-corrected chi connectivity index (χ2v) is 7.67. The predicted octanol–water partition coefficient (Wildman–Crippen LogP) is 2.55. The molecule has 0 unspecified atom stereocenters. The Bertz CT molecular complexity index is 909. The molecular weight excluding hydrogens is 340 g/mol. The standard InChI is InChI=1S/C21H24N4O2/c1-13-9-17-20(18(26)10-13)14(2)22-21(23-17)24-19(27)12-25-8-7-15-5-3-4-6-16(15)11-25/h3-6,13H,7-12H2,1-2H3,(H,22,23,24,27)/t13-/m1/s1. The molecule has 4 rings (SSSR count). The lowest BCUT2D eigenvalue weighted by atomic mass is 9.86. The van der Waals surface area contributed by atoms with Gasteiger partial charge in [-0.15, -0.1) is 0 Å². The highest BCUT2D eigenvalue weighted by Gasteiger charge is 2.27. The van der Waals surface area contributed by atoms with Crippen molar-refractivity contribution in [1.82, 2.24) is 14.9 Å². The van der Waals surface area contributed by atoms with Gasteiger partial charge in [0.1, 0.15) is 0 Å². The molecule has 0 spiro atoms. The number of nitrogens with one attached hydrogen (secondary N) is 1. The fourth-order valence-electron chi connectivity index (χ4n) is 4.08. The molecule has 0 saturated carbocycles. The second-order valence-electron chi connectivity index (χ2n) is 7.67. The smallest absolute Gasteiger partial charge is 0.240 e. The van der Waals surface area contributed by atoms with E-state index in [0.717, 1.165) is 31.6 Å². The largest absolute Gasteiger partial charge is 0.294 e. The highest BCUT2D eigenvalue weighted by atomic mass is 16.2. The Morgan fingerprint density at radius 2 is 2.00 bits per heavy atom. The van der Waals surface area contributed by atoms with Crippen molar-refractivity contribution in [3.8, 4) is 0 Å². The maximum atomic E-state index is 12.5. The summed E-state index contributed by atoms with van der Waals surface area (Å²) in [7, 11) is 0. The van der Waals surface area contributed by atoms with E-state index < -0.39 is 0 Å². The van der Waals surface area contributed by atoms with E-state index in [2.05, 4.69) is 38.4 Å². The van der Waals surface area contributed by atoms with Gasteiger partial charge in [-0.1, -0.05) is 31.2 Å². The van der Waals surface area contributed by atoms with E-state index in [1.165, 1.54) is 11.1 Å². The second kappa shape index (κ2) is 7.19. The molecule has 1 atom stereocenters. The van der Waals surface area contributed by atoms with Crippen molar-refractivity contribution in [3.05, 3.63) is 52.3 Å². The predicted molar refractivity (Wildman–Crippen MR) is 103 cm³/mol. The molecule has 140 valence electrons. The molecule has 1 aromatic heterocycles. The number of Topliss-reactive ketones (excluding diaryl/α,β-unsaturated/α-hetero) is 1. The fraction of sp³-hybridized carbons (Fsp3) is 0.429. The molecule has 2 aliphatic rings. The number of amides is 1. The maximum Gasteiger partial charge on any atom is 0.240 e. The third-order valence-corrected chi connectivity index (χ3v) is 5.35. The summed E-state index contributed by atoms with van der Waals surface area (Å²) in [5.74, 6) is 0.557. The van der Waals surface area contributed by atoms with Gasteiger partial charge in [0, 0.05) is 19.5 Å². The number of anilines is 1. The van der Waals surface area contributed by atoms with Crippen LogP contribution in [-0.4, -0.2) is 39.6 Å². The van der Waals surface area contributed by atoms with Gasteiger partial charge in [-0.2, -0.15) is 0 Å². The molecule has 1 aliphatic heterocycles. The fourth-order valence-corrected chi connectivity index (χ4v) is 4.08. The first-order valence-electron chi connectivity index (χ1n) is 9.49. The van der Waals surface area contributed by atoms with Crippen LogP contribution in [0.15, 0.2) is 24.3 Å². The number of carbonyl (C=O) groups is 2. The van der Waals surface area contributed by atoms with Gasteiger partial charge in [-0.25, -0.2) is 9.97 Å². The van der Waals surface area contributed by atoms with Crippen molar-refractivity contribution in [2.24, 2.45) is 5.92 Å². The van der Waals surface area contributed by atoms with Crippen LogP contribution in [0.4, 0.5) is 5.95 Å². The van der Waals surface area contributed by atoms with E-state index in [9.17, 15) is 9.59 Å². The van der Waals surface area contributed by atoms with Crippen molar-refractivity contribution in [2.75, 3.05) is 18.4 Å². The van der Waals surface area contributed by atoms with Crippen LogP contribution in [0, 0.1) is 12.8 Å². The Morgan fingerprint density at radius 3 is 2.81 bits per heavy atom. The highest BCUT2D eigenvalue weighted by molar-refractivity contribution is 5.99. The van der Waals surface area contributed by atoms with Crippen LogP contribution in [0.3, 0.4) is 0 Å². The minimum Gasteiger partial charge on any atom is -0.294 e. The number of ketones is 1. The summed E-state index contributed by atoms with van der Waals surface area (Å²) in [6, 6.07) is 8.36. The number of carbonyl (C=O) groups excluding carboxylic acids is 2. The number of nitrogens with zero attached hydrogens (tertiary/aromatic N) is 3. The Morgan fingerprint density at radius 1 is 1.22 bits per heavy atom. The number of hydrogen-bond acceptors (Lipinski definition) is 5. The van der Waals surface area contributed by atoms with Crippen LogP contribution >= 0.6 is 0 Å². The molecular formula is C21H24N4O2. The molecule has 1 aromatic carbocycles. The normalized spacial score (nSPS) is 19.3. The molecule has 2 heterocycles. The van der Waals surface area contributed by atoms with Crippen LogP contribution in [0.1, 0.15) is 46.2 Å². The van der Waals surface area contributed by atoms with Gasteiger partial charge in [0.25, 0.3) is 0 Å². The SMILES string of the molecule is Cc1nc(NC(=O)CN2CCc3ccccc3C2)nc2c1C(=O)C[C@H](C)C2. The first-order chi connectivity index (χ1) is 13.0. The van der Waals surface area contributed by atoms with Crippen molar-refractivity contribution in [2.45, 2.75) is 39.7 Å². The number of rotatable bonds is 3. The quantitative estimate of drug-likeness (QED) is 0.906. The van der Waals surface area contributed by atoms with E-state index in [1.807, 2.05) is 19.9 Å². The molecule has 2 aromatic rings. The number of aryl methyl sites for hydroxylation is 1. The van der Waals surface area contributed by atoms with Gasteiger partial charge in [0.2, 0.25) is 11.9 Å². The molecule has 6 heteroatoms. The van der Waals surface area contributed by atoms with Gasteiger partial charge in [-0.3, -0.25) is 19.8 Å². The first-order valence-corrected chi connectivity index (χ1v) is 9.49. The summed E-state index contributed by atoms with van der Waals surface area (Å²) in [5, 5.41) is 2.82. The lowest BCUT2D eigenvalue weighted by molar-refractivity contribution is -0.117. The Hall–Kier alpha value is -2.60. The van der Waals surface area contributed by atoms with Crippen molar-refractivity contribution in [3.63, 3.8) is 0 Å². The number of aromatic nitrogens is 2. The molecule has 1 N–H and O–H groups in total. The van der Waals surface area contributed by atoms with Gasteiger partial charge in [-0.05, 0) is 36.8 Å². The van der Waals surface area contributed by atoms with Crippen LogP contribution in [0.5, 0.6) is 0 Å². The molecule has 27 heavy (non-hydrogen) atoms. The number of hydrogen-bond donors (Lipinski definition) is 1. The van der Waals surface area contributed by atoms with Crippen LogP contribution in [0.2, 0.25) is 0 Å². The molecule has 0 saturated heterocycles. The van der Waals surface area contributed by atoms with Crippen molar-refractivity contribution in [1.29, 1.82) is 0 Å². The van der Waals surface area contributed by atoms with Gasteiger partial charge in [0.15, 0.2) is 5.78 Å². The zero-order valence-corrected chi connectivity index (χ0v) is 15.8. The Labute approximate surface area is 159 Å². The monoisotopic (exact) mass is 364 g/mol. The molecule has 0 fully saturated rings. The third kappa shape index (κ3) is 3.76. The third-order valence-electron chi connectivity index (χ3n) is 5.35. The minimum atomic E-state index is -0.121. The average Bonchev–Trinajstić information content (AvgIpc) is 2.60. The lowest BCUT2D eigenvalue weighted by Crippen LogP contribution is -2.37. The van der Waals surface area contributed by atoms with Crippen molar-refractivity contribution >= 4 is 17.6 Å². The summed E-state index contributed by atoms with van der Waals surface area (Å²) in [5.41, 5.74) is 4.69. The van der Waals surface area contributed by atoms with Crippen molar-refractivity contribution < 1.29 is 9.59 Å². The van der Waals surface area contributed by atoms with E-state index in [-0.39, 0.29) is 17.6 Å². The summed E-state index contributed by atoms with van der Waals surface area (Å²) in [4.78, 5) is 35.7.